The lowest BCUT2D eigenvalue weighted by Gasteiger charge is -2.31. The third kappa shape index (κ3) is 3.92. The molecule has 0 spiro atoms. The largest absolute Gasteiger partial charge is 0.497 e. The third-order valence-electron chi connectivity index (χ3n) is 5.96. The average Bonchev–Trinajstić information content (AvgIpc) is 2.87. The normalized spacial score (nSPS) is 14.1. The molecule has 172 valence electrons. The Labute approximate surface area is 196 Å². The lowest BCUT2D eigenvalue weighted by atomic mass is 9.86. The van der Waals surface area contributed by atoms with E-state index in [-0.39, 0.29) is 5.75 Å². The van der Waals surface area contributed by atoms with Crippen molar-refractivity contribution in [3.63, 3.8) is 0 Å². The number of methoxy groups -OCH3 is 1. The molecule has 1 aliphatic heterocycles. The maximum Gasteiger partial charge on any atom is 0.387 e. The first-order valence-corrected chi connectivity index (χ1v) is 10.9. The Balaban J connectivity index is 1.73. The van der Waals surface area contributed by atoms with Gasteiger partial charge in [0.2, 0.25) is 0 Å². The Bertz CT molecular complexity index is 1340. The molecule has 0 radical (unpaired) electrons. The first-order chi connectivity index (χ1) is 16.6. The molecule has 6 heteroatoms. The highest BCUT2D eigenvalue weighted by molar-refractivity contribution is 5.86. The van der Waals surface area contributed by atoms with Crippen LogP contribution in [-0.2, 0) is 0 Å². The van der Waals surface area contributed by atoms with Crippen LogP contribution < -0.4 is 19.5 Å². The molecule has 0 aromatic heterocycles. The van der Waals surface area contributed by atoms with E-state index in [9.17, 15) is 8.78 Å². The van der Waals surface area contributed by atoms with E-state index in [2.05, 4.69) is 11.4 Å². The molecule has 0 saturated heterocycles. The van der Waals surface area contributed by atoms with Crippen LogP contribution in [0.25, 0.3) is 22.3 Å². The molecule has 1 heterocycles. The summed E-state index contributed by atoms with van der Waals surface area (Å²) in [5.74, 6) is 1.28. The summed E-state index contributed by atoms with van der Waals surface area (Å²) in [4.78, 5) is 0. The molecular weight excluding hydrogens is 436 g/mol. The fourth-order valence-corrected chi connectivity index (χ4v) is 4.44. The number of anilines is 1. The number of hydrogen-bond acceptors (Lipinski definition) is 4. The van der Waals surface area contributed by atoms with Gasteiger partial charge in [-0.15, -0.1) is 0 Å². The van der Waals surface area contributed by atoms with Crippen molar-refractivity contribution in [1.29, 1.82) is 0 Å². The summed E-state index contributed by atoms with van der Waals surface area (Å²) in [6.07, 6.45) is -0.457. The number of fused-ring (bicyclic) bond motifs is 3. The monoisotopic (exact) mass is 459 g/mol. The van der Waals surface area contributed by atoms with Crippen LogP contribution in [-0.4, -0.2) is 20.8 Å². The molecule has 0 bridgehead atoms. The third-order valence-corrected chi connectivity index (χ3v) is 5.96. The Morgan fingerprint density at radius 2 is 1.71 bits per heavy atom. The van der Waals surface area contributed by atoms with E-state index in [1.165, 1.54) is 6.07 Å². The predicted molar refractivity (Wildman–Crippen MR) is 129 cm³/mol. The van der Waals surface area contributed by atoms with Crippen LogP contribution in [0.4, 0.5) is 14.5 Å². The number of rotatable bonds is 6. The van der Waals surface area contributed by atoms with Gasteiger partial charge in [-0.1, -0.05) is 48.5 Å². The van der Waals surface area contributed by atoms with Crippen molar-refractivity contribution in [3.05, 3.63) is 96.1 Å². The van der Waals surface area contributed by atoms with Crippen LogP contribution in [0.2, 0.25) is 0 Å². The number of hydrogen-bond donors (Lipinski definition) is 1. The van der Waals surface area contributed by atoms with Crippen molar-refractivity contribution < 1.29 is 23.0 Å². The molecule has 0 fully saturated rings. The van der Waals surface area contributed by atoms with Gasteiger partial charge in [-0.2, -0.15) is 8.78 Å². The van der Waals surface area contributed by atoms with Gasteiger partial charge in [-0.3, -0.25) is 0 Å². The summed E-state index contributed by atoms with van der Waals surface area (Å²) >= 11 is 0. The second kappa shape index (κ2) is 9.06. The fraction of sp³-hybridized carbons (Fsp3) is 0.143. The summed E-state index contributed by atoms with van der Waals surface area (Å²) in [7, 11) is 3.49. The van der Waals surface area contributed by atoms with Crippen LogP contribution in [0.15, 0.2) is 84.9 Å². The van der Waals surface area contributed by atoms with Gasteiger partial charge in [0.1, 0.15) is 23.4 Å². The van der Waals surface area contributed by atoms with Crippen LogP contribution >= 0.6 is 0 Å². The van der Waals surface area contributed by atoms with E-state index in [4.69, 9.17) is 14.2 Å². The van der Waals surface area contributed by atoms with Gasteiger partial charge in [0, 0.05) is 29.4 Å². The fourth-order valence-electron chi connectivity index (χ4n) is 4.44. The summed E-state index contributed by atoms with van der Waals surface area (Å²) in [6, 6.07) is 26.6. The highest BCUT2D eigenvalue weighted by Gasteiger charge is 2.31. The van der Waals surface area contributed by atoms with E-state index in [1.54, 1.807) is 19.2 Å². The van der Waals surface area contributed by atoms with Crippen LogP contribution in [0, 0.1) is 0 Å². The highest BCUT2D eigenvalue weighted by Crippen LogP contribution is 2.50. The minimum absolute atomic E-state index is 0.0845. The maximum atomic E-state index is 13.2. The second-order valence-corrected chi connectivity index (χ2v) is 7.88. The molecule has 34 heavy (non-hydrogen) atoms. The number of benzene rings is 4. The van der Waals surface area contributed by atoms with Crippen molar-refractivity contribution >= 4 is 5.69 Å². The standard InChI is InChI=1S/C28H23F2NO3/c1-31-23-10-4-3-9-20(23)17-13-14-21-22(16-17)27(18-7-5-8-19(15-18)32-2)33-24-11-6-12-25(26(21)24)34-28(29)30/h3-16,27-28,31H,1-2H3. The van der Waals surface area contributed by atoms with E-state index < -0.39 is 12.7 Å². The lowest BCUT2D eigenvalue weighted by molar-refractivity contribution is -0.0496. The first-order valence-electron chi connectivity index (χ1n) is 10.9. The van der Waals surface area contributed by atoms with Crippen LogP contribution in [0.1, 0.15) is 17.2 Å². The zero-order chi connectivity index (χ0) is 23.7. The molecule has 1 N–H and O–H groups in total. The minimum atomic E-state index is -2.94. The Morgan fingerprint density at radius 3 is 2.50 bits per heavy atom. The first kappa shape index (κ1) is 21.8. The van der Waals surface area contributed by atoms with Crippen LogP contribution in [0.5, 0.6) is 17.2 Å². The Hall–Kier alpha value is -4.06. The van der Waals surface area contributed by atoms with Crippen molar-refractivity contribution in [1.82, 2.24) is 0 Å². The van der Waals surface area contributed by atoms with Crippen molar-refractivity contribution in [2.75, 3.05) is 19.5 Å². The van der Waals surface area contributed by atoms with Crippen molar-refractivity contribution in [2.45, 2.75) is 12.7 Å². The van der Waals surface area contributed by atoms with Gasteiger partial charge in [0.15, 0.2) is 0 Å². The zero-order valence-corrected chi connectivity index (χ0v) is 18.7. The van der Waals surface area contributed by atoms with E-state index in [0.29, 0.717) is 17.1 Å². The molecule has 4 aromatic rings. The lowest BCUT2D eigenvalue weighted by Crippen LogP contribution is -2.17. The number of ether oxygens (including phenoxy) is 3. The number of alkyl halides is 2. The molecule has 0 saturated carbocycles. The topological polar surface area (TPSA) is 39.7 Å². The average molecular weight is 459 g/mol. The Kier molecular flexibility index (Phi) is 5.80. The van der Waals surface area contributed by atoms with Gasteiger partial charge < -0.3 is 19.5 Å². The van der Waals surface area contributed by atoms with Gasteiger partial charge >= 0.3 is 6.61 Å². The van der Waals surface area contributed by atoms with Gasteiger partial charge in [0.05, 0.1) is 12.7 Å². The SMILES string of the molecule is CNc1ccccc1-c1ccc2c(c1)C(c1cccc(OC)c1)Oc1cccc(OC(F)F)c1-2. The molecule has 1 atom stereocenters. The molecule has 4 nitrogen and oxygen atoms in total. The summed E-state index contributed by atoms with van der Waals surface area (Å²) in [5, 5.41) is 3.23. The van der Waals surface area contributed by atoms with E-state index >= 15 is 0 Å². The smallest absolute Gasteiger partial charge is 0.387 e. The summed E-state index contributed by atoms with van der Waals surface area (Å²) < 4.78 is 43.0. The van der Waals surface area contributed by atoms with Crippen molar-refractivity contribution in [2.24, 2.45) is 0 Å². The van der Waals surface area contributed by atoms with Crippen LogP contribution in [0.3, 0.4) is 0 Å². The molecule has 1 unspecified atom stereocenters. The predicted octanol–water partition coefficient (Wildman–Crippen LogP) is 7.15. The second-order valence-electron chi connectivity index (χ2n) is 7.88. The molecule has 4 aromatic carbocycles. The molecule has 0 amide bonds. The molecule has 0 aliphatic carbocycles. The van der Waals surface area contributed by atoms with E-state index in [0.717, 1.165) is 33.5 Å². The molecular formula is C28H23F2NO3. The van der Waals surface area contributed by atoms with Gasteiger partial charge in [0.25, 0.3) is 0 Å². The quantitative estimate of drug-likeness (QED) is 0.332. The summed E-state index contributed by atoms with van der Waals surface area (Å²) in [5.41, 5.74) is 6.05. The minimum Gasteiger partial charge on any atom is -0.497 e. The maximum absolute atomic E-state index is 13.2. The van der Waals surface area contributed by atoms with Crippen molar-refractivity contribution in [3.8, 4) is 39.5 Å². The van der Waals surface area contributed by atoms with Gasteiger partial charge in [-0.05, 0) is 47.5 Å². The molecule has 1 aliphatic rings. The van der Waals surface area contributed by atoms with Gasteiger partial charge in [-0.25, -0.2) is 0 Å². The number of para-hydroxylation sites is 1. The van der Waals surface area contributed by atoms with E-state index in [1.807, 2.05) is 67.7 Å². The number of halogens is 2. The molecule has 5 rings (SSSR count). The summed E-state index contributed by atoms with van der Waals surface area (Å²) in [6.45, 7) is -2.94. The highest BCUT2D eigenvalue weighted by atomic mass is 19.3. The number of nitrogens with one attached hydrogen (secondary N) is 1. The Morgan fingerprint density at radius 1 is 0.882 bits per heavy atom. The zero-order valence-electron chi connectivity index (χ0n) is 18.7.